The van der Waals surface area contributed by atoms with E-state index in [2.05, 4.69) is 79.5 Å². The van der Waals surface area contributed by atoms with Gasteiger partial charge < -0.3 is 9.80 Å². The zero-order chi connectivity index (χ0) is 23.3. The van der Waals surface area contributed by atoms with Gasteiger partial charge in [0.05, 0.1) is 0 Å². The molecule has 1 aliphatic carbocycles. The maximum Gasteiger partial charge on any atom is 0.182 e. The molecule has 1 aliphatic rings. The summed E-state index contributed by atoms with van der Waals surface area (Å²) in [5.74, 6) is 0.0370. The summed E-state index contributed by atoms with van der Waals surface area (Å²) in [4.78, 5) is 30.5. The fourth-order valence-corrected chi connectivity index (χ4v) is 4.08. The minimum absolute atomic E-state index is 0.0185. The van der Waals surface area contributed by atoms with Gasteiger partial charge in [-0.3, -0.25) is 9.59 Å². The molecule has 2 atom stereocenters. The number of rotatable bonds is 12. The Morgan fingerprint density at radius 3 is 1.27 bits per heavy atom. The van der Waals surface area contributed by atoms with Crippen LogP contribution in [0.1, 0.15) is 80.1 Å². The lowest BCUT2D eigenvalue weighted by molar-refractivity contribution is -0.116. The third-order valence-electron chi connectivity index (χ3n) is 7.15. The Hall–Kier alpha value is -1.26. The van der Waals surface area contributed by atoms with Crippen LogP contribution < -0.4 is 0 Å². The van der Waals surface area contributed by atoms with Gasteiger partial charge in [-0.25, -0.2) is 0 Å². The highest BCUT2D eigenvalue weighted by Gasteiger charge is 2.36. The van der Waals surface area contributed by atoms with Gasteiger partial charge in [-0.1, -0.05) is 40.5 Å². The minimum Gasteiger partial charge on any atom is -0.307 e. The van der Waals surface area contributed by atoms with E-state index >= 15 is 0 Å². The molecule has 0 spiro atoms. The molecule has 30 heavy (non-hydrogen) atoms. The van der Waals surface area contributed by atoms with E-state index in [-0.39, 0.29) is 22.4 Å². The minimum atomic E-state index is -0.286. The number of nitrogens with zero attached hydrogens (tertiary/aromatic N) is 2. The Kier molecular flexibility index (Phi) is 9.69. The zero-order valence-corrected chi connectivity index (χ0v) is 21.3. The SMILES string of the molecule is CC(CCCC(C)(C)C1=CC(=O)C(C(C)(C)CCCC(C)N(C)C)=CC1=O)N(C)C. The number of hydrogen-bond donors (Lipinski definition) is 0. The van der Waals surface area contributed by atoms with Crippen LogP contribution in [0.2, 0.25) is 0 Å². The molecule has 4 nitrogen and oxygen atoms in total. The molecule has 0 amide bonds. The van der Waals surface area contributed by atoms with Crippen LogP contribution in [0.5, 0.6) is 0 Å². The molecular weight excluding hydrogens is 372 g/mol. The van der Waals surface area contributed by atoms with E-state index in [1.165, 1.54) is 0 Å². The number of ketones is 2. The van der Waals surface area contributed by atoms with Crippen LogP contribution >= 0.6 is 0 Å². The predicted molar refractivity (Wildman–Crippen MR) is 128 cm³/mol. The molecule has 172 valence electrons. The molecule has 2 unspecified atom stereocenters. The van der Waals surface area contributed by atoms with Gasteiger partial charge in [0, 0.05) is 23.2 Å². The van der Waals surface area contributed by atoms with Crippen LogP contribution in [0.25, 0.3) is 0 Å². The van der Waals surface area contributed by atoms with E-state index in [0.29, 0.717) is 23.2 Å². The van der Waals surface area contributed by atoms with Gasteiger partial charge in [-0.05, 0) is 90.7 Å². The monoisotopic (exact) mass is 418 g/mol. The largest absolute Gasteiger partial charge is 0.307 e. The van der Waals surface area contributed by atoms with Crippen LogP contribution in [-0.4, -0.2) is 61.6 Å². The second kappa shape index (κ2) is 10.9. The van der Waals surface area contributed by atoms with Crippen molar-refractivity contribution in [2.75, 3.05) is 28.2 Å². The van der Waals surface area contributed by atoms with Crippen molar-refractivity contribution >= 4 is 11.6 Å². The van der Waals surface area contributed by atoms with Crippen molar-refractivity contribution < 1.29 is 9.59 Å². The zero-order valence-electron chi connectivity index (χ0n) is 21.3. The van der Waals surface area contributed by atoms with Crippen LogP contribution in [-0.2, 0) is 9.59 Å². The Labute approximate surface area is 185 Å². The van der Waals surface area contributed by atoms with Gasteiger partial charge >= 0.3 is 0 Å². The van der Waals surface area contributed by atoms with Gasteiger partial charge in [-0.15, -0.1) is 0 Å². The van der Waals surface area contributed by atoms with Crippen LogP contribution in [0.15, 0.2) is 23.3 Å². The average Bonchev–Trinajstić information content (AvgIpc) is 2.62. The van der Waals surface area contributed by atoms with Gasteiger partial charge in [0.25, 0.3) is 0 Å². The first-order valence-corrected chi connectivity index (χ1v) is 11.5. The van der Waals surface area contributed by atoms with E-state index in [4.69, 9.17) is 0 Å². The van der Waals surface area contributed by atoms with Gasteiger partial charge in [-0.2, -0.15) is 0 Å². The van der Waals surface area contributed by atoms with E-state index in [1.54, 1.807) is 12.2 Å². The fourth-order valence-electron chi connectivity index (χ4n) is 4.08. The van der Waals surface area contributed by atoms with Crippen molar-refractivity contribution in [3.05, 3.63) is 23.3 Å². The first-order chi connectivity index (χ1) is 13.7. The van der Waals surface area contributed by atoms with Crippen molar-refractivity contribution in [3.8, 4) is 0 Å². The summed E-state index contributed by atoms with van der Waals surface area (Å²) >= 11 is 0. The lowest BCUT2D eigenvalue weighted by Crippen LogP contribution is -2.31. The lowest BCUT2D eigenvalue weighted by Gasteiger charge is -2.33. The Bertz CT molecular complexity index is 611. The molecule has 0 saturated carbocycles. The van der Waals surface area contributed by atoms with Crippen LogP contribution in [0.3, 0.4) is 0 Å². The number of carbonyl (C=O) groups is 2. The highest BCUT2D eigenvalue weighted by molar-refractivity contribution is 6.20. The highest BCUT2D eigenvalue weighted by atomic mass is 16.1. The molecule has 0 aromatic heterocycles. The summed E-state index contributed by atoms with van der Waals surface area (Å²) in [6, 6.07) is 1.03. The third-order valence-corrected chi connectivity index (χ3v) is 7.15. The van der Waals surface area contributed by atoms with Crippen molar-refractivity contribution in [2.24, 2.45) is 10.8 Å². The number of allylic oxidation sites excluding steroid dienone is 4. The smallest absolute Gasteiger partial charge is 0.182 e. The summed E-state index contributed by atoms with van der Waals surface area (Å²) < 4.78 is 0. The first kappa shape index (κ1) is 26.8. The number of hydrogen-bond acceptors (Lipinski definition) is 4. The molecule has 0 N–H and O–H groups in total. The van der Waals surface area contributed by atoms with E-state index in [0.717, 1.165) is 38.5 Å². The summed E-state index contributed by atoms with van der Waals surface area (Å²) in [6.07, 6.45) is 9.34. The van der Waals surface area contributed by atoms with Crippen molar-refractivity contribution in [1.29, 1.82) is 0 Å². The summed E-state index contributed by atoms with van der Waals surface area (Å²) in [5.41, 5.74) is 0.773. The normalized spacial score (nSPS) is 18.0. The quantitative estimate of drug-likeness (QED) is 0.404. The van der Waals surface area contributed by atoms with Gasteiger partial charge in [0.15, 0.2) is 11.6 Å². The topological polar surface area (TPSA) is 40.6 Å². The maximum atomic E-state index is 13.0. The van der Waals surface area contributed by atoms with Gasteiger partial charge in [0.1, 0.15) is 0 Å². The Morgan fingerprint density at radius 1 is 0.700 bits per heavy atom. The molecule has 0 aromatic rings. The van der Waals surface area contributed by atoms with Gasteiger partial charge in [0.2, 0.25) is 0 Å². The van der Waals surface area contributed by atoms with Crippen molar-refractivity contribution in [2.45, 2.75) is 92.2 Å². The van der Waals surface area contributed by atoms with Crippen LogP contribution in [0, 0.1) is 10.8 Å². The molecule has 4 heteroatoms. The predicted octanol–water partition coefficient (Wildman–Crippen LogP) is 5.28. The third kappa shape index (κ3) is 7.46. The Morgan fingerprint density at radius 2 is 1.00 bits per heavy atom. The molecule has 0 bridgehead atoms. The molecule has 0 aromatic carbocycles. The highest BCUT2D eigenvalue weighted by Crippen LogP contribution is 2.40. The molecule has 0 saturated heterocycles. The van der Waals surface area contributed by atoms with Crippen LogP contribution in [0.4, 0.5) is 0 Å². The number of carbonyl (C=O) groups excluding carboxylic acids is 2. The molecule has 0 aliphatic heterocycles. The molecule has 1 rings (SSSR count). The van der Waals surface area contributed by atoms with E-state index < -0.39 is 0 Å². The second-order valence-corrected chi connectivity index (χ2v) is 11.0. The Balaban J connectivity index is 2.80. The molecule has 0 heterocycles. The van der Waals surface area contributed by atoms with E-state index in [9.17, 15) is 9.59 Å². The second-order valence-electron chi connectivity index (χ2n) is 11.0. The average molecular weight is 419 g/mol. The maximum absolute atomic E-state index is 13.0. The molecular formula is C26H46N2O2. The summed E-state index contributed by atoms with van der Waals surface area (Å²) in [6.45, 7) is 12.8. The van der Waals surface area contributed by atoms with E-state index in [1.807, 2.05) is 0 Å². The lowest BCUT2D eigenvalue weighted by atomic mass is 9.70. The first-order valence-electron chi connectivity index (χ1n) is 11.5. The molecule has 0 fully saturated rings. The van der Waals surface area contributed by atoms with Crippen molar-refractivity contribution in [1.82, 2.24) is 9.80 Å². The summed E-state index contributed by atoms with van der Waals surface area (Å²) in [7, 11) is 8.38. The standard InChI is InChI=1S/C26H46N2O2/c1-19(27(7)8)13-11-15-25(3,4)21-17-24(30)22(18-23(21)29)26(5,6)16-12-14-20(2)28(9)10/h17-20H,11-16H2,1-10H3. The fraction of sp³-hybridized carbons (Fsp3) is 0.769. The molecule has 0 radical (unpaired) electrons. The van der Waals surface area contributed by atoms with Crippen molar-refractivity contribution in [3.63, 3.8) is 0 Å². The summed E-state index contributed by atoms with van der Waals surface area (Å²) in [5, 5.41) is 0.